The summed E-state index contributed by atoms with van der Waals surface area (Å²) in [6, 6.07) is 1.87. The SMILES string of the molecule is O=C(O)C(F)(F)c1ccc(Cl)o1. The minimum absolute atomic E-state index is 0.272. The lowest BCUT2D eigenvalue weighted by molar-refractivity contribution is -0.168. The van der Waals surface area contributed by atoms with Crippen LogP contribution in [0.1, 0.15) is 5.76 Å². The van der Waals surface area contributed by atoms with E-state index < -0.39 is 17.7 Å². The minimum atomic E-state index is -4.02. The van der Waals surface area contributed by atoms with Gasteiger partial charge in [-0.15, -0.1) is 0 Å². The van der Waals surface area contributed by atoms with Gasteiger partial charge >= 0.3 is 11.9 Å². The van der Waals surface area contributed by atoms with Crippen LogP contribution in [0.5, 0.6) is 0 Å². The monoisotopic (exact) mass is 196 g/mol. The number of carboxylic acids is 1. The standard InChI is InChI=1S/C6H3ClF2O3/c7-4-2-1-3(12-4)6(8,9)5(10)11/h1-2H,(H,10,11). The molecule has 0 spiro atoms. The fraction of sp³-hybridized carbons (Fsp3) is 0.167. The van der Waals surface area contributed by atoms with Crippen LogP contribution in [0.15, 0.2) is 16.5 Å². The lowest BCUT2D eigenvalue weighted by Crippen LogP contribution is -2.24. The van der Waals surface area contributed by atoms with E-state index in [0.29, 0.717) is 0 Å². The molecular formula is C6H3ClF2O3. The van der Waals surface area contributed by atoms with Crippen molar-refractivity contribution in [1.29, 1.82) is 0 Å². The third kappa shape index (κ3) is 1.40. The Bertz CT molecular complexity index is 307. The fourth-order valence-corrected chi connectivity index (χ4v) is 0.735. The number of carbonyl (C=O) groups is 1. The molecule has 6 heteroatoms. The quantitative estimate of drug-likeness (QED) is 0.788. The second kappa shape index (κ2) is 2.75. The molecule has 0 aliphatic rings. The number of halogens is 3. The van der Waals surface area contributed by atoms with Gasteiger partial charge in [-0.25, -0.2) is 4.79 Å². The molecule has 0 aromatic carbocycles. The molecule has 12 heavy (non-hydrogen) atoms. The second-order valence-corrected chi connectivity index (χ2v) is 2.36. The minimum Gasteiger partial charge on any atom is -0.476 e. The van der Waals surface area contributed by atoms with Crippen molar-refractivity contribution in [2.24, 2.45) is 0 Å². The van der Waals surface area contributed by atoms with E-state index in [1.54, 1.807) is 0 Å². The van der Waals surface area contributed by atoms with Gasteiger partial charge in [0.15, 0.2) is 11.0 Å². The molecule has 1 aromatic rings. The zero-order valence-corrected chi connectivity index (χ0v) is 6.31. The number of aliphatic carboxylic acids is 1. The van der Waals surface area contributed by atoms with Crippen LogP contribution in [0, 0.1) is 0 Å². The zero-order chi connectivity index (χ0) is 9.35. The first-order valence-electron chi connectivity index (χ1n) is 2.81. The van der Waals surface area contributed by atoms with Crippen LogP contribution in [0.3, 0.4) is 0 Å². The van der Waals surface area contributed by atoms with Gasteiger partial charge in [-0.1, -0.05) is 0 Å². The normalized spacial score (nSPS) is 11.6. The second-order valence-electron chi connectivity index (χ2n) is 1.98. The van der Waals surface area contributed by atoms with Crippen LogP contribution in [0.4, 0.5) is 8.78 Å². The third-order valence-electron chi connectivity index (χ3n) is 1.15. The van der Waals surface area contributed by atoms with E-state index in [-0.39, 0.29) is 5.22 Å². The summed E-state index contributed by atoms with van der Waals surface area (Å²) < 4.78 is 29.3. The van der Waals surface area contributed by atoms with Crippen molar-refractivity contribution < 1.29 is 23.1 Å². The van der Waals surface area contributed by atoms with Crippen molar-refractivity contribution in [2.45, 2.75) is 5.92 Å². The molecule has 0 saturated heterocycles. The van der Waals surface area contributed by atoms with Crippen LogP contribution < -0.4 is 0 Å². The van der Waals surface area contributed by atoms with Gasteiger partial charge in [0.2, 0.25) is 0 Å². The van der Waals surface area contributed by atoms with Gasteiger partial charge in [0.05, 0.1) is 0 Å². The highest BCUT2D eigenvalue weighted by Crippen LogP contribution is 2.30. The number of rotatable bonds is 2. The van der Waals surface area contributed by atoms with Crippen molar-refractivity contribution in [3.8, 4) is 0 Å². The van der Waals surface area contributed by atoms with Crippen molar-refractivity contribution in [1.82, 2.24) is 0 Å². The van der Waals surface area contributed by atoms with E-state index in [0.717, 1.165) is 12.1 Å². The first-order chi connectivity index (χ1) is 5.44. The van der Waals surface area contributed by atoms with Gasteiger partial charge in [-0.3, -0.25) is 0 Å². The first kappa shape index (κ1) is 8.99. The molecule has 0 aliphatic heterocycles. The molecule has 0 unspecified atom stereocenters. The number of alkyl halides is 2. The van der Waals surface area contributed by atoms with Crippen LogP contribution in [-0.4, -0.2) is 11.1 Å². The molecule has 1 rings (SSSR count). The third-order valence-corrected chi connectivity index (χ3v) is 1.35. The van der Waals surface area contributed by atoms with Gasteiger partial charge in [0, 0.05) is 0 Å². The summed E-state index contributed by atoms with van der Waals surface area (Å²) in [5.41, 5.74) is 0. The zero-order valence-electron chi connectivity index (χ0n) is 5.55. The van der Waals surface area contributed by atoms with Gasteiger partial charge in [0.1, 0.15) is 0 Å². The molecule has 1 aromatic heterocycles. The average molecular weight is 197 g/mol. The van der Waals surface area contributed by atoms with E-state index in [1.807, 2.05) is 0 Å². The number of hydrogen-bond acceptors (Lipinski definition) is 2. The van der Waals surface area contributed by atoms with Gasteiger partial charge in [0.25, 0.3) is 0 Å². The molecule has 0 aliphatic carbocycles. The predicted octanol–water partition coefficient (Wildman–Crippen LogP) is 2.11. The Morgan fingerprint density at radius 2 is 2.17 bits per heavy atom. The van der Waals surface area contributed by atoms with E-state index in [2.05, 4.69) is 4.42 Å². The summed E-state index contributed by atoms with van der Waals surface area (Å²) >= 11 is 5.18. The highest BCUT2D eigenvalue weighted by atomic mass is 35.5. The smallest absolute Gasteiger partial charge is 0.399 e. The summed E-state index contributed by atoms with van der Waals surface area (Å²) in [6.45, 7) is 0. The maximum Gasteiger partial charge on any atom is 0.399 e. The Morgan fingerprint density at radius 3 is 2.50 bits per heavy atom. The fourth-order valence-electron chi connectivity index (χ4n) is 0.588. The van der Waals surface area contributed by atoms with Crippen molar-refractivity contribution in [2.75, 3.05) is 0 Å². The Hall–Kier alpha value is -1.10. The number of hydrogen-bond donors (Lipinski definition) is 1. The molecule has 0 bridgehead atoms. The topological polar surface area (TPSA) is 50.4 Å². The Balaban J connectivity index is 3.05. The van der Waals surface area contributed by atoms with Crippen LogP contribution >= 0.6 is 11.6 Å². The molecule has 0 saturated carbocycles. The first-order valence-corrected chi connectivity index (χ1v) is 3.19. The lowest BCUT2D eigenvalue weighted by atomic mass is 10.3. The molecule has 66 valence electrons. The Kier molecular flexibility index (Phi) is 2.06. The highest BCUT2D eigenvalue weighted by molar-refractivity contribution is 6.28. The largest absolute Gasteiger partial charge is 0.476 e. The maximum atomic E-state index is 12.5. The predicted molar refractivity (Wildman–Crippen MR) is 35.2 cm³/mol. The number of carboxylic acid groups (broad SMARTS) is 1. The van der Waals surface area contributed by atoms with E-state index >= 15 is 0 Å². The Labute approximate surface area is 70.5 Å². The average Bonchev–Trinajstić information content (AvgIpc) is 2.35. The molecule has 1 N–H and O–H groups in total. The summed E-state index contributed by atoms with van der Waals surface area (Å²) in [4.78, 5) is 9.98. The van der Waals surface area contributed by atoms with Crippen molar-refractivity contribution in [3.05, 3.63) is 23.1 Å². The summed E-state index contributed by atoms with van der Waals surface area (Å²) in [5, 5.41) is 7.78. The van der Waals surface area contributed by atoms with Gasteiger partial charge in [-0.05, 0) is 23.7 Å². The molecule has 0 atom stereocenters. The number of furan rings is 1. The van der Waals surface area contributed by atoms with E-state index in [9.17, 15) is 13.6 Å². The van der Waals surface area contributed by atoms with E-state index in [1.165, 1.54) is 0 Å². The Morgan fingerprint density at radius 1 is 1.58 bits per heavy atom. The lowest BCUT2D eigenvalue weighted by Gasteiger charge is -2.05. The van der Waals surface area contributed by atoms with Gasteiger partial charge < -0.3 is 9.52 Å². The molecule has 0 fully saturated rings. The molecule has 0 amide bonds. The summed E-state index contributed by atoms with van der Waals surface area (Å²) in [7, 11) is 0. The van der Waals surface area contributed by atoms with Crippen LogP contribution in [-0.2, 0) is 10.7 Å². The summed E-state index contributed by atoms with van der Waals surface area (Å²) in [6.07, 6.45) is 0. The van der Waals surface area contributed by atoms with Crippen molar-refractivity contribution >= 4 is 17.6 Å². The molecule has 0 radical (unpaired) electrons. The highest BCUT2D eigenvalue weighted by Gasteiger charge is 2.44. The molecule has 1 heterocycles. The summed E-state index contributed by atoms with van der Waals surface area (Å²) in [5.74, 6) is -7.26. The van der Waals surface area contributed by atoms with Gasteiger partial charge in [-0.2, -0.15) is 8.78 Å². The van der Waals surface area contributed by atoms with Crippen molar-refractivity contribution in [3.63, 3.8) is 0 Å². The molecular weight excluding hydrogens is 194 g/mol. The van der Waals surface area contributed by atoms with Crippen LogP contribution in [0.2, 0.25) is 5.22 Å². The molecule has 3 nitrogen and oxygen atoms in total. The van der Waals surface area contributed by atoms with Crippen LogP contribution in [0.25, 0.3) is 0 Å². The van der Waals surface area contributed by atoms with E-state index in [4.69, 9.17) is 16.7 Å². The maximum absolute atomic E-state index is 12.5.